The van der Waals surface area contributed by atoms with Crippen molar-refractivity contribution in [2.24, 2.45) is 0 Å². The summed E-state index contributed by atoms with van der Waals surface area (Å²) in [4.78, 5) is 4.11. The van der Waals surface area contributed by atoms with E-state index in [0.717, 1.165) is 17.5 Å². The number of benzene rings is 1. The van der Waals surface area contributed by atoms with Crippen LogP contribution >= 0.6 is 11.6 Å². The van der Waals surface area contributed by atoms with Gasteiger partial charge in [-0.15, -0.1) is 21.8 Å². The summed E-state index contributed by atoms with van der Waals surface area (Å²) >= 11 is 5.70. The van der Waals surface area contributed by atoms with Gasteiger partial charge >= 0.3 is 0 Å². The molecule has 0 atom stereocenters. The summed E-state index contributed by atoms with van der Waals surface area (Å²) < 4.78 is 1.71. The van der Waals surface area contributed by atoms with Crippen LogP contribution < -0.4 is 0 Å². The topological polar surface area (TPSA) is 63.3 Å². The summed E-state index contributed by atoms with van der Waals surface area (Å²) in [5.74, 6) is 0.449. The van der Waals surface area contributed by atoms with Gasteiger partial charge < -0.3 is 5.11 Å². The van der Waals surface area contributed by atoms with Gasteiger partial charge in [0.15, 0.2) is 0 Å². The van der Waals surface area contributed by atoms with Crippen LogP contribution in [0.5, 0.6) is 5.88 Å². The molecule has 1 N–H and O–H groups in total. The van der Waals surface area contributed by atoms with E-state index in [0.29, 0.717) is 17.0 Å². The number of aromatic hydroxyl groups is 1. The number of halogens is 1. The molecule has 86 valence electrons. The summed E-state index contributed by atoms with van der Waals surface area (Å²) in [7, 11) is 0. The molecule has 0 saturated carbocycles. The minimum Gasteiger partial charge on any atom is -0.491 e. The molecule has 0 aliphatic heterocycles. The zero-order valence-corrected chi connectivity index (χ0v) is 9.59. The van der Waals surface area contributed by atoms with Crippen LogP contribution in [-0.2, 0) is 6.42 Å². The standard InChI is InChI=1S/C11H9ClN4O/c12-4-3-7-1-2-9-8(5-7)14-11(17)10-15-13-6-16(9)10/h1-2,5-6H,3-4H2,(H,14,17). The van der Waals surface area contributed by atoms with Gasteiger partial charge in [0.2, 0.25) is 5.65 Å². The monoisotopic (exact) mass is 248 g/mol. The van der Waals surface area contributed by atoms with E-state index in [1.165, 1.54) is 0 Å². The summed E-state index contributed by atoms with van der Waals surface area (Å²) in [6, 6.07) is 5.83. The Kier molecular flexibility index (Phi) is 2.33. The second kappa shape index (κ2) is 3.85. The zero-order valence-electron chi connectivity index (χ0n) is 8.84. The van der Waals surface area contributed by atoms with Gasteiger partial charge in [-0.05, 0) is 24.1 Å². The lowest BCUT2D eigenvalue weighted by atomic mass is 10.1. The van der Waals surface area contributed by atoms with Gasteiger partial charge in [0.05, 0.1) is 11.0 Å². The predicted molar refractivity (Wildman–Crippen MR) is 64.4 cm³/mol. The molecule has 0 unspecified atom stereocenters. The van der Waals surface area contributed by atoms with E-state index in [-0.39, 0.29) is 5.88 Å². The first-order chi connectivity index (χ1) is 8.29. The smallest absolute Gasteiger partial charge is 0.258 e. The highest BCUT2D eigenvalue weighted by Crippen LogP contribution is 2.21. The van der Waals surface area contributed by atoms with Gasteiger partial charge in [-0.25, -0.2) is 4.98 Å². The molecule has 1 aromatic carbocycles. The van der Waals surface area contributed by atoms with E-state index in [2.05, 4.69) is 15.2 Å². The maximum absolute atomic E-state index is 9.72. The van der Waals surface area contributed by atoms with Gasteiger partial charge in [-0.3, -0.25) is 4.40 Å². The van der Waals surface area contributed by atoms with Crippen molar-refractivity contribution >= 4 is 28.3 Å². The molecule has 17 heavy (non-hydrogen) atoms. The quantitative estimate of drug-likeness (QED) is 0.702. The second-order valence-electron chi connectivity index (χ2n) is 3.72. The molecule has 0 amide bonds. The van der Waals surface area contributed by atoms with Crippen LogP contribution in [0.2, 0.25) is 0 Å². The molecule has 0 aliphatic carbocycles. The number of nitrogens with zero attached hydrogens (tertiary/aromatic N) is 4. The van der Waals surface area contributed by atoms with E-state index >= 15 is 0 Å². The first-order valence-electron chi connectivity index (χ1n) is 5.17. The number of hydrogen-bond donors (Lipinski definition) is 1. The molecule has 0 aliphatic rings. The molecule has 0 bridgehead atoms. The summed E-state index contributed by atoms with van der Waals surface area (Å²) in [5, 5.41) is 17.3. The SMILES string of the molecule is Oc1nc2cc(CCCl)ccc2n2cnnc12. The highest BCUT2D eigenvalue weighted by molar-refractivity contribution is 6.18. The maximum Gasteiger partial charge on any atom is 0.258 e. The minimum absolute atomic E-state index is 0.113. The van der Waals surface area contributed by atoms with Gasteiger partial charge in [0.25, 0.3) is 5.88 Å². The lowest BCUT2D eigenvalue weighted by molar-refractivity contribution is 0.458. The Bertz CT molecular complexity index is 694. The van der Waals surface area contributed by atoms with Crippen LogP contribution in [0.4, 0.5) is 0 Å². The summed E-state index contributed by atoms with van der Waals surface area (Å²) in [6.45, 7) is 0. The molecular formula is C11H9ClN4O. The number of rotatable bonds is 2. The molecule has 0 saturated heterocycles. The minimum atomic E-state index is -0.113. The molecule has 2 heterocycles. The van der Waals surface area contributed by atoms with E-state index in [1.807, 2.05) is 18.2 Å². The van der Waals surface area contributed by atoms with Gasteiger partial charge in [-0.2, -0.15) is 0 Å². The Balaban J connectivity index is 2.33. The highest BCUT2D eigenvalue weighted by atomic mass is 35.5. The van der Waals surface area contributed by atoms with Crippen LogP contribution in [0, 0.1) is 0 Å². The van der Waals surface area contributed by atoms with Gasteiger partial charge in [0, 0.05) is 5.88 Å². The van der Waals surface area contributed by atoms with Crippen molar-refractivity contribution in [2.75, 3.05) is 5.88 Å². The van der Waals surface area contributed by atoms with Crippen LogP contribution in [0.25, 0.3) is 16.7 Å². The third kappa shape index (κ3) is 1.59. The predicted octanol–water partition coefficient (Wildman–Crippen LogP) is 1.76. The van der Waals surface area contributed by atoms with Crippen molar-refractivity contribution in [1.82, 2.24) is 19.6 Å². The first-order valence-corrected chi connectivity index (χ1v) is 5.70. The number of aromatic nitrogens is 4. The normalized spacial score (nSPS) is 11.4. The van der Waals surface area contributed by atoms with Gasteiger partial charge in [0.1, 0.15) is 6.33 Å². The molecule has 2 aromatic heterocycles. The first kappa shape index (κ1) is 10.3. The van der Waals surface area contributed by atoms with E-state index in [9.17, 15) is 5.11 Å². The van der Waals surface area contributed by atoms with Crippen molar-refractivity contribution in [3.05, 3.63) is 30.1 Å². The van der Waals surface area contributed by atoms with E-state index in [4.69, 9.17) is 11.6 Å². The molecule has 0 radical (unpaired) electrons. The maximum atomic E-state index is 9.72. The fraction of sp³-hybridized carbons (Fsp3) is 0.182. The summed E-state index contributed by atoms with van der Waals surface area (Å²) in [5.41, 5.74) is 3.02. The van der Waals surface area contributed by atoms with E-state index < -0.39 is 0 Å². The van der Waals surface area contributed by atoms with Crippen LogP contribution in [-0.4, -0.2) is 30.6 Å². The molecule has 0 spiro atoms. The lowest BCUT2D eigenvalue weighted by Gasteiger charge is -2.04. The van der Waals surface area contributed by atoms with Crippen LogP contribution in [0.15, 0.2) is 24.5 Å². The summed E-state index contributed by atoms with van der Waals surface area (Å²) in [6.07, 6.45) is 2.33. The zero-order chi connectivity index (χ0) is 11.8. The fourth-order valence-electron chi connectivity index (χ4n) is 1.85. The molecule has 3 rings (SSSR count). The van der Waals surface area contributed by atoms with Crippen molar-refractivity contribution in [1.29, 1.82) is 0 Å². The Morgan fingerprint density at radius 1 is 1.35 bits per heavy atom. The Morgan fingerprint density at radius 2 is 2.24 bits per heavy atom. The highest BCUT2D eigenvalue weighted by Gasteiger charge is 2.09. The molecule has 3 aromatic rings. The Labute approximate surface area is 102 Å². The van der Waals surface area contributed by atoms with Crippen molar-refractivity contribution in [3.63, 3.8) is 0 Å². The van der Waals surface area contributed by atoms with Crippen molar-refractivity contribution < 1.29 is 5.11 Å². The van der Waals surface area contributed by atoms with Crippen LogP contribution in [0.1, 0.15) is 5.56 Å². The average Bonchev–Trinajstić information content (AvgIpc) is 2.79. The molecule has 6 heteroatoms. The molecular weight excluding hydrogens is 240 g/mol. The second-order valence-corrected chi connectivity index (χ2v) is 4.10. The Hall–Kier alpha value is -1.88. The van der Waals surface area contributed by atoms with Gasteiger partial charge in [-0.1, -0.05) is 6.07 Å². The lowest BCUT2D eigenvalue weighted by Crippen LogP contribution is -1.93. The molecule has 0 fully saturated rings. The number of hydrogen-bond acceptors (Lipinski definition) is 4. The number of fused-ring (bicyclic) bond motifs is 3. The van der Waals surface area contributed by atoms with Crippen molar-refractivity contribution in [3.8, 4) is 5.88 Å². The third-order valence-electron chi connectivity index (χ3n) is 2.66. The largest absolute Gasteiger partial charge is 0.491 e. The average molecular weight is 249 g/mol. The number of aryl methyl sites for hydroxylation is 1. The third-order valence-corrected chi connectivity index (χ3v) is 2.85. The number of alkyl halides is 1. The van der Waals surface area contributed by atoms with Crippen LogP contribution in [0.3, 0.4) is 0 Å². The Morgan fingerprint density at radius 3 is 3.06 bits per heavy atom. The fourth-order valence-corrected chi connectivity index (χ4v) is 2.07. The van der Waals surface area contributed by atoms with Crippen molar-refractivity contribution in [2.45, 2.75) is 6.42 Å². The van der Waals surface area contributed by atoms with E-state index in [1.54, 1.807) is 10.7 Å². The molecule has 5 nitrogen and oxygen atoms in total.